The van der Waals surface area contributed by atoms with Crippen LogP contribution in [0, 0.1) is 5.92 Å². The van der Waals surface area contributed by atoms with E-state index < -0.39 is 11.9 Å². The van der Waals surface area contributed by atoms with E-state index in [1.807, 2.05) is 6.92 Å². The van der Waals surface area contributed by atoms with Gasteiger partial charge in [0.25, 0.3) is 0 Å². The van der Waals surface area contributed by atoms with Crippen LogP contribution in [0.1, 0.15) is 19.8 Å². The third-order valence-corrected chi connectivity index (χ3v) is 3.22. The fraction of sp³-hybridized carbons (Fsp3) is 0.429. The van der Waals surface area contributed by atoms with Crippen molar-refractivity contribution < 1.29 is 19.4 Å². The van der Waals surface area contributed by atoms with E-state index in [0.29, 0.717) is 13.0 Å². The van der Waals surface area contributed by atoms with Gasteiger partial charge in [-0.25, -0.2) is 0 Å². The van der Waals surface area contributed by atoms with E-state index >= 15 is 0 Å². The number of anilines is 1. The van der Waals surface area contributed by atoms with Crippen molar-refractivity contribution in [1.82, 2.24) is 0 Å². The number of benzene rings is 1. The van der Waals surface area contributed by atoms with Crippen LogP contribution < -0.4 is 9.64 Å². The van der Waals surface area contributed by atoms with Crippen LogP contribution >= 0.6 is 0 Å². The number of carbonyl (C=O) groups is 2. The number of hydrogen-bond donors (Lipinski definition) is 1. The van der Waals surface area contributed by atoms with Gasteiger partial charge in [-0.3, -0.25) is 9.59 Å². The number of nitrogens with zero attached hydrogens (tertiary/aromatic N) is 1. The van der Waals surface area contributed by atoms with Gasteiger partial charge in [-0.1, -0.05) is 0 Å². The Morgan fingerprint density at radius 2 is 2.11 bits per heavy atom. The number of amides is 1. The standard InChI is InChI=1S/C14H17NO4/c1-2-19-12-6-4-11(5-7-12)15-9-10(14(17)18)3-8-13(15)16/h4-7,10H,2-3,8-9H2,1H3,(H,17,18). The minimum Gasteiger partial charge on any atom is -0.494 e. The molecule has 1 N–H and O–H groups in total. The second kappa shape index (κ2) is 5.73. The van der Waals surface area contributed by atoms with Crippen LogP contribution in [0.15, 0.2) is 24.3 Å². The number of carbonyl (C=O) groups excluding carboxylic acids is 1. The van der Waals surface area contributed by atoms with Crippen LogP contribution in [0.25, 0.3) is 0 Å². The number of piperidine rings is 1. The molecule has 1 aromatic rings. The average molecular weight is 263 g/mol. The highest BCUT2D eigenvalue weighted by molar-refractivity contribution is 5.95. The molecule has 102 valence electrons. The SMILES string of the molecule is CCOc1ccc(N2CC(C(=O)O)CCC2=O)cc1. The van der Waals surface area contributed by atoms with E-state index in [1.54, 1.807) is 24.3 Å². The average Bonchev–Trinajstić information content (AvgIpc) is 2.40. The molecule has 0 radical (unpaired) electrons. The first-order chi connectivity index (χ1) is 9.11. The summed E-state index contributed by atoms with van der Waals surface area (Å²) in [7, 11) is 0. The molecule has 1 aliphatic rings. The molecule has 1 amide bonds. The van der Waals surface area contributed by atoms with Crippen LogP contribution in [-0.2, 0) is 9.59 Å². The summed E-state index contributed by atoms with van der Waals surface area (Å²) in [6.45, 7) is 2.73. The van der Waals surface area contributed by atoms with Crippen LogP contribution in [0.3, 0.4) is 0 Å². The minimum atomic E-state index is -0.844. The predicted octanol–water partition coefficient (Wildman–Crippen LogP) is 1.91. The quantitative estimate of drug-likeness (QED) is 0.901. The second-order valence-corrected chi connectivity index (χ2v) is 4.51. The monoisotopic (exact) mass is 263 g/mol. The lowest BCUT2D eigenvalue weighted by Crippen LogP contribution is -2.42. The Balaban J connectivity index is 2.14. The second-order valence-electron chi connectivity index (χ2n) is 4.51. The van der Waals surface area contributed by atoms with Gasteiger partial charge in [0.05, 0.1) is 12.5 Å². The smallest absolute Gasteiger partial charge is 0.308 e. The van der Waals surface area contributed by atoms with E-state index in [1.165, 1.54) is 4.90 Å². The topological polar surface area (TPSA) is 66.8 Å². The molecule has 0 aromatic heterocycles. The van der Waals surface area contributed by atoms with Gasteiger partial charge in [-0.2, -0.15) is 0 Å². The Labute approximate surface area is 111 Å². The minimum absolute atomic E-state index is 0.0262. The van der Waals surface area contributed by atoms with Crippen LogP contribution in [-0.4, -0.2) is 30.1 Å². The maximum atomic E-state index is 11.9. The molecule has 1 atom stereocenters. The summed E-state index contributed by atoms with van der Waals surface area (Å²) < 4.78 is 5.34. The summed E-state index contributed by atoms with van der Waals surface area (Å²) in [5.41, 5.74) is 0.722. The van der Waals surface area contributed by atoms with Gasteiger partial charge >= 0.3 is 5.97 Å². The first-order valence-electron chi connectivity index (χ1n) is 6.38. The molecule has 0 spiro atoms. The van der Waals surface area contributed by atoms with Crippen molar-refractivity contribution in [3.63, 3.8) is 0 Å². The molecule has 1 aliphatic heterocycles. The van der Waals surface area contributed by atoms with Crippen LogP contribution in [0.5, 0.6) is 5.75 Å². The number of carboxylic acids is 1. The molecule has 19 heavy (non-hydrogen) atoms. The number of carboxylic acid groups (broad SMARTS) is 1. The molecule has 0 bridgehead atoms. The largest absolute Gasteiger partial charge is 0.494 e. The third kappa shape index (κ3) is 3.05. The Morgan fingerprint density at radius 1 is 1.42 bits per heavy atom. The van der Waals surface area contributed by atoms with Gasteiger partial charge < -0.3 is 14.7 Å². The molecule has 1 unspecified atom stereocenters. The zero-order valence-electron chi connectivity index (χ0n) is 10.8. The highest BCUT2D eigenvalue weighted by Crippen LogP contribution is 2.26. The normalized spacial score (nSPS) is 19.3. The fourth-order valence-electron chi connectivity index (χ4n) is 2.19. The van der Waals surface area contributed by atoms with Crippen molar-refractivity contribution in [2.45, 2.75) is 19.8 Å². The molecule has 0 saturated carbocycles. The summed E-state index contributed by atoms with van der Waals surface area (Å²) in [6.07, 6.45) is 0.700. The molecule has 5 heteroatoms. The number of aliphatic carboxylic acids is 1. The number of rotatable bonds is 4. The first kappa shape index (κ1) is 13.4. The lowest BCUT2D eigenvalue weighted by atomic mass is 9.97. The molecule has 5 nitrogen and oxygen atoms in total. The number of hydrogen-bond acceptors (Lipinski definition) is 3. The third-order valence-electron chi connectivity index (χ3n) is 3.22. The van der Waals surface area contributed by atoms with E-state index in [4.69, 9.17) is 9.84 Å². The van der Waals surface area contributed by atoms with E-state index in [-0.39, 0.29) is 18.9 Å². The zero-order valence-corrected chi connectivity index (χ0v) is 10.8. The molecule has 1 heterocycles. The van der Waals surface area contributed by atoms with E-state index in [9.17, 15) is 9.59 Å². The van der Waals surface area contributed by atoms with Gasteiger partial charge in [0.1, 0.15) is 5.75 Å². The summed E-state index contributed by atoms with van der Waals surface area (Å²) in [4.78, 5) is 24.4. The summed E-state index contributed by atoms with van der Waals surface area (Å²) in [6, 6.07) is 7.15. The first-order valence-corrected chi connectivity index (χ1v) is 6.38. The molecular formula is C14H17NO4. The van der Waals surface area contributed by atoms with E-state index in [0.717, 1.165) is 11.4 Å². The summed E-state index contributed by atoms with van der Waals surface area (Å²) in [5, 5.41) is 9.05. The molecule has 0 aliphatic carbocycles. The van der Waals surface area contributed by atoms with Crippen molar-refractivity contribution in [1.29, 1.82) is 0 Å². The highest BCUT2D eigenvalue weighted by Gasteiger charge is 2.30. The van der Waals surface area contributed by atoms with Crippen molar-refractivity contribution in [3.05, 3.63) is 24.3 Å². The Morgan fingerprint density at radius 3 is 2.68 bits per heavy atom. The van der Waals surface area contributed by atoms with Crippen molar-refractivity contribution >= 4 is 17.6 Å². The van der Waals surface area contributed by atoms with Crippen molar-refractivity contribution in [2.24, 2.45) is 5.92 Å². The van der Waals surface area contributed by atoms with Crippen molar-refractivity contribution in [2.75, 3.05) is 18.1 Å². The predicted molar refractivity (Wildman–Crippen MR) is 70.3 cm³/mol. The van der Waals surface area contributed by atoms with Crippen LogP contribution in [0.4, 0.5) is 5.69 Å². The van der Waals surface area contributed by atoms with Gasteiger partial charge in [0.15, 0.2) is 0 Å². The maximum absolute atomic E-state index is 11.9. The maximum Gasteiger partial charge on any atom is 0.308 e. The van der Waals surface area contributed by atoms with Gasteiger partial charge in [-0.15, -0.1) is 0 Å². The zero-order chi connectivity index (χ0) is 13.8. The lowest BCUT2D eigenvalue weighted by molar-refractivity contribution is -0.142. The Kier molecular flexibility index (Phi) is 4.04. The lowest BCUT2D eigenvalue weighted by Gasteiger charge is -2.30. The molecule has 1 saturated heterocycles. The molecule has 2 rings (SSSR count). The molecule has 1 fully saturated rings. The Hall–Kier alpha value is -2.04. The highest BCUT2D eigenvalue weighted by atomic mass is 16.5. The fourth-order valence-corrected chi connectivity index (χ4v) is 2.19. The molecular weight excluding hydrogens is 246 g/mol. The summed E-state index contributed by atoms with van der Waals surface area (Å²) in [5.74, 6) is -0.611. The summed E-state index contributed by atoms with van der Waals surface area (Å²) >= 11 is 0. The van der Waals surface area contributed by atoms with Gasteiger partial charge in [0, 0.05) is 18.7 Å². The van der Waals surface area contributed by atoms with Crippen molar-refractivity contribution in [3.8, 4) is 5.75 Å². The van der Waals surface area contributed by atoms with Crippen LogP contribution in [0.2, 0.25) is 0 Å². The van der Waals surface area contributed by atoms with Gasteiger partial charge in [0.2, 0.25) is 5.91 Å². The Bertz CT molecular complexity index is 469. The van der Waals surface area contributed by atoms with E-state index in [2.05, 4.69) is 0 Å². The van der Waals surface area contributed by atoms with Gasteiger partial charge in [-0.05, 0) is 37.6 Å². The molecule has 1 aromatic carbocycles. The number of ether oxygens (including phenoxy) is 1.